The van der Waals surface area contributed by atoms with Crippen molar-refractivity contribution >= 4 is 34.1 Å². The van der Waals surface area contributed by atoms with Crippen LogP contribution in [0, 0.1) is 20.2 Å². The van der Waals surface area contributed by atoms with Gasteiger partial charge in [-0.25, -0.2) is 0 Å². The molecule has 0 heterocycles. The second-order valence-electron chi connectivity index (χ2n) is 8.71. The van der Waals surface area contributed by atoms with Crippen molar-refractivity contribution in [1.82, 2.24) is 0 Å². The molecule has 212 valence electrons. The summed E-state index contributed by atoms with van der Waals surface area (Å²) in [5, 5.41) is 27.7. The molecule has 14 heteroatoms. The quantitative estimate of drug-likeness (QED) is 0.124. The zero-order chi connectivity index (χ0) is 30.0. The first-order valence-corrected chi connectivity index (χ1v) is 11.6. The summed E-state index contributed by atoms with van der Waals surface area (Å²) in [5.41, 5.74) is -8.64. The predicted octanol–water partition coefficient (Wildman–Crippen LogP) is 8.40. The summed E-state index contributed by atoms with van der Waals surface area (Å²) >= 11 is 0. The van der Waals surface area contributed by atoms with Gasteiger partial charge in [0.25, 0.3) is 11.4 Å². The van der Waals surface area contributed by atoms with E-state index in [2.05, 4.69) is 10.6 Å². The van der Waals surface area contributed by atoms with Crippen molar-refractivity contribution in [2.24, 2.45) is 0 Å². The summed E-state index contributed by atoms with van der Waals surface area (Å²) in [5.74, 6) is 0. The molecule has 8 nitrogen and oxygen atoms in total. The minimum atomic E-state index is -5.92. The number of halogens is 6. The lowest BCUT2D eigenvalue weighted by atomic mass is 9.72. The number of hydrogen-bond donors (Lipinski definition) is 2. The number of nitrogens with one attached hydrogen (secondary N) is 2. The van der Waals surface area contributed by atoms with Crippen molar-refractivity contribution in [3.63, 3.8) is 0 Å². The van der Waals surface area contributed by atoms with E-state index in [0.717, 1.165) is 24.3 Å². The molecule has 0 radical (unpaired) electrons. The Morgan fingerprint density at radius 1 is 0.537 bits per heavy atom. The number of hydrogen-bond acceptors (Lipinski definition) is 6. The molecule has 0 aliphatic carbocycles. The van der Waals surface area contributed by atoms with E-state index in [9.17, 15) is 46.6 Å². The highest BCUT2D eigenvalue weighted by Gasteiger charge is 2.72. The highest BCUT2D eigenvalue weighted by Crippen LogP contribution is 2.57. The Bertz CT molecular complexity index is 1490. The van der Waals surface area contributed by atoms with Crippen LogP contribution in [0.2, 0.25) is 0 Å². The predicted molar refractivity (Wildman–Crippen MR) is 139 cm³/mol. The summed E-state index contributed by atoms with van der Waals surface area (Å²) in [4.78, 5) is 21.2. The van der Waals surface area contributed by atoms with E-state index < -0.39 is 50.1 Å². The highest BCUT2D eigenvalue weighted by molar-refractivity contribution is 5.72. The van der Waals surface area contributed by atoms with Crippen LogP contribution in [0.15, 0.2) is 97.1 Å². The highest BCUT2D eigenvalue weighted by atomic mass is 19.4. The Labute approximate surface area is 227 Å². The Morgan fingerprint density at radius 2 is 0.902 bits per heavy atom. The zero-order valence-corrected chi connectivity index (χ0v) is 20.5. The number of nitrogens with zero attached hydrogens (tertiary/aromatic N) is 2. The smallest absolute Gasteiger partial charge is 0.350 e. The van der Waals surface area contributed by atoms with E-state index >= 15 is 0 Å². The molecule has 0 aromatic heterocycles. The molecule has 41 heavy (non-hydrogen) atoms. The van der Waals surface area contributed by atoms with E-state index in [4.69, 9.17) is 0 Å². The second-order valence-corrected chi connectivity index (χ2v) is 8.71. The van der Waals surface area contributed by atoms with Gasteiger partial charge in [0, 0.05) is 23.5 Å². The standard InChI is InChI=1S/C27H18F6N4O4/c28-26(29,30)25(27(31,32)33,17-7-5-9-19(15-17)34-21-11-1-3-13-23(21)36(38)39)18-8-6-10-20(16-18)35-22-12-2-4-14-24(22)37(40)41/h1-16,34-35H. The molecule has 4 rings (SSSR count). The Balaban J connectivity index is 1.87. The van der Waals surface area contributed by atoms with Crippen LogP contribution in [-0.4, -0.2) is 22.2 Å². The number of para-hydroxylation sites is 4. The molecule has 4 aromatic rings. The van der Waals surface area contributed by atoms with Gasteiger partial charge < -0.3 is 10.6 Å². The van der Waals surface area contributed by atoms with E-state index in [0.29, 0.717) is 24.3 Å². The van der Waals surface area contributed by atoms with Gasteiger partial charge >= 0.3 is 12.4 Å². The zero-order valence-electron chi connectivity index (χ0n) is 20.5. The molecule has 0 saturated heterocycles. The Kier molecular flexibility index (Phi) is 7.59. The maximum Gasteiger partial charge on any atom is 0.411 e. The molecule has 0 amide bonds. The maximum atomic E-state index is 14.8. The molecular weight excluding hydrogens is 558 g/mol. The van der Waals surface area contributed by atoms with E-state index in [1.165, 1.54) is 48.5 Å². The number of rotatable bonds is 8. The van der Waals surface area contributed by atoms with Gasteiger partial charge in [-0.15, -0.1) is 0 Å². The normalized spacial score (nSPS) is 12.0. The molecule has 0 fully saturated rings. The van der Waals surface area contributed by atoms with Crippen molar-refractivity contribution in [3.05, 3.63) is 128 Å². The molecule has 0 unspecified atom stereocenters. The Morgan fingerprint density at radius 3 is 1.24 bits per heavy atom. The van der Waals surface area contributed by atoms with Crippen LogP contribution in [0.25, 0.3) is 0 Å². The average molecular weight is 576 g/mol. The Hall–Kier alpha value is -5.14. The summed E-state index contributed by atoms with van der Waals surface area (Å²) in [6.07, 6.45) is -11.8. The van der Waals surface area contributed by atoms with Gasteiger partial charge in [0.05, 0.1) is 9.85 Å². The lowest BCUT2D eigenvalue weighted by Gasteiger charge is -2.38. The van der Waals surface area contributed by atoms with Crippen LogP contribution in [0.5, 0.6) is 0 Å². The van der Waals surface area contributed by atoms with E-state index in [-0.39, 0.29) is 22.7 Å². The summed E-state index contributed by atoms with van der Waals surface area (Å²) in [7, 11) is 0. The van der Waals surface area contributed by atoms with Crippen LogP contribution in [-0.2, 0) is 5.41 Å². The monoisotopic (exact) mass is 576 g/mol. The molecule has 0 aliphatic heterocycles. The fourth-order valence-corrected chi connectivity index (χ4v) is 4.43. The summed E-state index contributed by atoms with van der Waals surface area (Å²) < 4.78 is 88.6. The molecule has 2 N–H and O–H groups in total. The number of benzene rings is 4. The van der Waals surface area contributed by atoms with Crippen LogP contribution >= 0.6 is 0 Å². The summed E-state index contributed by atoms with van der Waals surface area (Å²) in [6.45, 7) is 0. The van der Waals surface area contributed by atoms with Gasteiger partial charge in [-0.1, -0.05) is 48.5 Å². The SMILES string of the molecule is O=[N+]([O-])c1ccccc1Nc1cccc(C(c2cccc(Nc3ccccc3[N+](=O)[O-])c2)(C(F)(F)F)C(F)(F)F)c1. The molecule has 0 aliphatic rings. The van der Waals surface area contributed by atoms with Crippen LogP contribution < -0.4 is 10.6 Å². The molecule has 0 saturated carbocycles. The maximum absolute atomic E-state index is 14.8. The number of nitro benzene ring substituents is 2. The van der Waals surface area contributed by atoms with Crippen molar-refractivity contribution < 1.29 is 36.2 Å². The van der Waals surface area contributed by atoms with Gasteiger partial charge in [-0.3, -0.25) is 20.2 Å². The first-order chi connectivity index (χ1) is 19.3. The first kappa shape index (κ1) is 28.9. The lowest BCUT2D eigenvalue weighted by Crippen LogP contribution is -2.54. The molecule has 0 spiro atoms. The largest absolute Gasteiger partial charge is 0.411 e. The van der Waals surface area contributed by atoms with E-state index in [1.807, 2.05) is 0 Å². The minimum Gasteiger partial charge on any atom is -0.350 e. The summed E-state index contributed by atoms with van der Waals surface area (Å²) in [6, 6.07) is 17.1. The minimum absolute atomic E-state index is 0.144. The van der Waals surface area contributed by atoms with Gasteiger partial charge in [0.15, 0.2) is 0 Å². The van der Waals surface area contributed by atoms with Crippen molar-refractivity contribution in [1.29, 1.82) is 0 Å². The average Bonchev–Trinajstić information content (AvgIpc) is 2.88. The van der Waals surface area contributed by atoms with Crippen molar-refractivity contribution in [2.75, 3.05) is 10.6 Å². The van der Waals surface area contributed by atoms with E-state index in [1.54, 1.807) is 0 Å². The van der Waals surface area contributed by atoms with Crippen LogP contribution in [0.4, 0.5) is 60.5 Å². The van der Waals surface area contributed by atoms with Crippen LogP contribution in [0.3, 0.4) is 0 Å². The number of anilines is 4. The fourth-order valence-electron chi connectivity index (χ4n) is 4.43. The third kappa shape index (κ3) is 5.48. The van der Waals surface area contributed by atoms with Crippen molar-refractivity contribution in [2.45, 2.75) is 17.8 Å². The van der Waals surface area contributed by atoms with Gasteiger partial charge in [0.1, 0.15) is 11.4 Å². The third-order valence-electron chi connectivity index (χ3n) is 6.20. The number of nitro groups is 2. The van der Waals surface area contributed by atoms with Crippen LogP contribution in [0.1, 0.15) is 11.1 Å². The molecule has 0 atom stereocenters. The van der Waals surface area contributed by atoms with Crippen molar-refractivity contribution in [3.8, 4) is 0 Å². The van der Waals surface area contributed by atoms with Gasteiger partial charge in [-0.05, 0) is 47.5 Å². The second kappa shape index (κ2) is 10.8. The van der Waals surface area contributed by atoms with Gasteiger partial charge in [-0.2, -0.15) is 26.3 Å². The number of alkyl halides is 6. The fraction of sp³-hybridized carbons (Fsp3) is 0.111. The van der Waals surface area contributed by atoms with Gasteiger partial charge in [0.2, 0.25) is 5.41 Å². The third-order valence-corrected chi connectivity index (χ3v) is 6.20. The topological polar surface area (TPSA) is 110 Å². The molecular formula is C27H18F6N4O4. The first-order valence-electron chi connectivity index (χ1n) is 11.6. The molecule has 0 bridgehead atoms. The lowest BCUT2D eigenvalue weighted by molar-refractivity contribution is -0.384. The molecule has 4 aromatic carbocycles.